The first-order valence-electron chi connectivity index (χ1n) is 6.49. The molecule has 2 atom stereocenters. The lowest BCUT2D eigenvalue weighted by Gasteiger charge is -2.33. The molecule has 2 aliphatic rings. The van der Waals surface area contributed by atoms with Crippen LogP contribution in [-0.4, -0.2) is 35.3 Å². The molecule has 5 heteroatoms. The van der Waals surface area contributed by atoms with Crippen molar-refractivity contribution in [3.63, 3.8) is 0 Å². The summed E-state index contributed by atoms with van der Waals surface area (Å²) in [6.07, 6.45) is 1.66. The second kappa shape index (κ2) is 4.72. The third-order valence-electron chi connectivity index (χ3n) is 3.84. The van der Waals surface area contributed by atoms with Crippen LogP contribution >= 0.6 is 15.9 Å². The maximum absolute atomic E-state index is 12.4. The van der Waals surface area contributed by atoms with Crippen LogP contribution in [0.2, 0.25) is 0 Å². The van der Waals surface area contributed by atoms with Crippen LogP contribution in [0.4, 0.5) is 0 Å². The summed E-state index contributed by atoms with van der Waals surface area (Å²) in [6, 6.07) is 5.63. The number of amides is 2. The van der Waals surface area contributed by atoms with E-state index in [4.69, 9.17) is 0 Å². The Morgan fingerprint density at radius 2 is 2.00 bits per heavy atom. The third-order valence-corrected chi connectivity index (χ3v) is 4.33. The molecule has 0 aliphatic carbocycles. The Labute approximate surface area is 120 Å². The Balaban J connectivity index is 1.94. The number of rotatable bonds is 1. The molecule has 0 saturated carbocycles. The van der Waals surface area contributed by atoms with Crippen molar-refractivity contribution in [1.29, 1.82) is 0 Å². The highest BCUT2D eigenvalue weighted by Gasteiger charge is 2.40. The SMILES string of the molecule is CC1CC(N2C(=O)c3ccc(Br)cc3C2=O)CCN1. The molecule has 0 radical (unpaired) electrons. The van der Waals surface area contributed by atoms with Gasteiger partial charge in [-0.15, -0.1) is 0 Å². The van der Waals surface area contributed by atoms with Crippen molar-refractivity contribution >= 4 is 27.7 Å². The molecule has 1 saturated heterocycles. The van der Waals surface area contributed by atoms with E-state index in [2.05, 4.69) is 28.2 Å². The van der Waals surface area contributed by atoms with Gasteiger partial charge in [0.05, 0.1) is 11.1 Å². The Kier molecular flexibility index (Phi) is 3.19. The van der Waals surface area contributed by atoms with Gasteiger partial charge in [0.25, 0.3) is 11.8 Å². The molecule has 1 fully saturated rings. The van der Waals surface area contributed by atoms with Crippen molar-refractivity contribution in [3.05, 3.63) is 33.8 Å². The molecule has 1 aromatic rings. The summed E-state index contributed by atoms with van der Waals surface area (Å²) in [4.78, 5) is 26.3. The highest BCUT2D eigenvalue weighted by Crippen LogP contribution is 2.30. The van der Waals surface area contributed by atoms with Crippen molar-refractivity contribution in [2.75, 3.05) is 6.54 Å². The second-order valence-corrected chi connectivity index (χ2v) is 6.12. The summed E-state index contributed by atoms with van der Waals surface area (Å²) in [7, 11) is 0. The molecule has 0 bridgehead atoms. The van der Waals surface area contributed by atoms with E-state index in [1.54, 1.807) is 18.2 Å². The Morgan fingerprint density at radius 3 is 2.74 bits per heavy atom. The van der Waals surface area contributed by atoms with Crippen molar-refractivity contribution in [3.8, 4) is 0 Å². The lowest BCUT2D eigenvalue weighted by molar-refractivity contribution is 0.0542. The van der Waals surface area contributed by atoms with E-state index >= 15 is 0 Å². The first kappa shape index (κ1) is 12.8. The minimum atomic E-state index is -0.152. The Hall–Kier alpha value is -1.20. The van der Waals surface area contributed by atoms with E-state index in [1.165, 1.54) is 4.90 Å². The summed E-state index contributed by atoms with van der Waals surface area (Å²) in [5.74, 6) is -0.299. The molecule has 2 aliphatic heterocycles. The zero-order valence-electron chi connectivity index (χ0n) is 10.6. The minimum Gasteiger partial charge on any atom is -0.314 e. The van der Waals surface area contributed by atoms with Crippen LogP contribution in [-0.2, 0) is 0 Å². The predicted octanol–water partition coefficient (Wildman–Crippen LogP) is 2.19. The molecule has 1 aromatic carbocycles. The summed E-state index contributed by atoms with van der Waals surface area (Å²) < 4.78 is 0.827. The number of hydrogen-bond donors (Lipinski definition) is 1. The van der Waals surface area contributed by atoms with Crippen molar-refractivity contribution in [2.24, 2.45) is 0 Å². The number of carbonyl (C=O) groups excluding carboxylic acids is 2. The van der Waals surface area contributed by atoms with Crippen LogP contribution in [0.1, 0.15) is 40.5 Å². The molecule has 100 valence electrons. The third kappa shape index (κ3) is 2.11. The van der Waals surface area contributed by atoms with E-state index < -0.39 is 0 Å². The average Bonchev–Trinajstić information content (AvgIpc) is 2.61. The number of fused-ring (bicyclic) bond motifs is 1. The normalized spacial score (nSPS) is 26.7. The van der Waals surface area contributed by atoms with Gasteiger partial charge in [-0.1, -0.05) is 15.9 Å². The number of halogens is 1. The smallest absolute Gasteiger partial charge is 0.261 e. The topological polar surface area (TPSA) is 49.4 Å². The number of nitrogens with one attached hydrogen (secondary N) is 1. The molecular formula is C14H15BrN2O2. The first-order chi connectivity index (χ1) is 9.08. The van der Waals surface area contributed by atoms with Gasteiger partial charge in [0.2, 0.25) is 0 Å². The monoisotopic (exact) mass is 322 g/mol. The molecule has 2 heterocycles. The standard InChI is InChI=1S/C14H15BrN2O2/c1-8-6-10(4-5-16-8)17-13(18)11-3-2-9(15)7-12(11)14(17)19/h2-3,7-8,10,16H,4-6H2,1H3. The summed E-state index contributed by atoms with van der Waals surface area (Å²) in [5.41, 5.74) is 1.05. The van der Waals surface area contributed by atoms with Crippen LogP contribution < -0.4 is 5.32 Å². The molecule has 2 unspecified atom stereocenters. The zero-order valence-corrected chi connectivity index (χ0v) is 12.2. The van der Waals surface area contributed by atoms with E-state index in [9.17, 15) is 9.59 Å². The largest absolute Gasteiger partial charge is 0.314 e. The van der Waals surface area contributed by atoms with Gasteiger partial charge < -0.3 is 5.32 Å². The van der Waals surface area contributed by atoms with E-state index in [-0.39, 0.29) is 17.9 Å². The van der Waals surface area contributed by atoms with Crippen LogP contribution in [0.3, 0.4) is 0 Å². The number of imide groups is 1. The lowest BCUT2D eigenvalue weighted by atomic mass is 9.99. The first-order valence-corrected chi connectivity index (χ1v) is 7.28. The molecule has 0 spiro atoms. The van der Waals surface area contributed by atoms with Gasteiger partial charge >= 0.3 is 0 Å². The fourth-order valence-electron chi connectivity index (χ4n) is 2.90. The van der Waals surface area contributed by atoms with Crippen LogP contribution in [0.25, 0.3) is 0 Å². The minimum absolute atomic E-state index is 0.0161. The summed E-state index contributed by atoms with van der Waals surface area (Å²) in [6.45, 7) is 2.93. The lowest BCUT2D eigenvalue weighted by Crippen LogP contribution is -2.49. The molecule has 0 aromatic heterocycles. The van der Waals surface area contributed by atoms with Crippen LogP contribution in [0.5, 0.6) is 0 Å². The fourth-order valence-corrected chi connectivity index (χ4v) is 3.26. The molecule has 4 nitrogen and oxygen atoms in total. The Morgan fingerprint density at radius 1 is 1.26 bits per heavy atom. The van der Waals surface area contributed by atoms with Gasteiger partial charge in [-0.25, -0.2) is 0 Å². The Bertz CT molecular complexity index is 558. The van der Waals surface area contributed by atoms with Crippen molar-refractivity contribution < 1.29 is 9.59 Å². The highest BCUT2D eigenvalue weighted by atomic mass is 79.9. The molecular weight excluding hydrogens is 308 g/mol. The average molecular weight is 323 g/mol. The van der Waals surface area contributed by atoms with Gasteiger partial charge in [-0.05, 0) is 44.5 Å². The summed E-state index contributed by atoms with van der Waals surface area (Å²) in [5, 5.41) is 3.34. The quantitative estimate of drug-likeness (QED) is 0.806. The predicted molar refractivity (Wildman–Crippen MR) is 75.1 cm³/mol. The number of hydrogen-bond acceptors (Lipinski definition) is 3. The van der Waals surface area contributed by atoms with Crippen LogP contribution in [0.15, 0.2) is 22.7 Å². The molecule has 3 rings (SSSR count). The number of piperidine rings is 1. The maximum Gasteiger partial charge on any atom is 0.261 e. The number of benzene rings is 1. The number of nitrogens with zero attached hydrogens (tertiary/aromatic N) is 1. The van der Waals surface area contributed by atoms with Gasteiger partial charge in [0.15, 0.2) is 0 Å². The maximum atomic E-state index is 12.4. The van der Waals surface area contributed by atoms with Crippen molar-refractivity contribution in [2.45, 2.75) is 31.8 Å². The summed E-state index contributed by atoms with van der Waals surface area (Å²) >= 11 is 3.35. The van der Waals surface area contributed by atoms with E-state index in [1.807, 2.05) is 0 Å². The van der Waals surface area contributed by atoms with Gasteiger partial charge in [-0.2, -0.15) is 0 Å². The van der Waals surface area contributed by atoms with E-state index in [0.717, 1.165) is 23.9 Å². The fraction of sp³-hybridized carbons (Fsp3) is 0.429. The molecule has 2 amide bonds. The van der Waals surface area contributed by atoms with Crippen molar-refractivity contribution in [1.82, 2.24) is 10.2 Å². The zero-order chi connectivity index (χ0) is 13.6. The van der Waals surface area contributed by atoms with Gasteiger partial charge in [0, 0.05) is 16.6 Å². The second-order valence-electron chi connectivity index (χ2n) is 5.20. The molecule has 1 N–H and O–H groups in total. The molecule has 19 heavy (non-hydrogen) atoms. The van der Waals surface area contributed by atoms with Crippen LogP contribution in [0, 0.1) is 0 Å². The number of carbonyl (C=O) groups is 2. The van der Waals surface area contributed by atoms with Gasteiger partial charge in [0.1, 0.15) is 0 Å². The van der Waals surface area contributed by atoms with Gasteiger partial charge in [-0.3, -0.25) is 14.5 Å². The van der Waals surface area contributed by atoms with E-state index in [0.29, 0.717) is 17.2 Å². The highest BCUT2D eigenvalue weighted by molar-refractivity contribution is 9.10.